The smallest absolute Gasteiger partial charge is 0.196 e. The molecule has 1 fully saturated rings. The summed E-state index contributed by atoms with van der Waals surface area (Å²) in [6, 6.07) is 18.3. The van der Waals surface area contributed by atoms with E-state index in [1.54, 1.807) is 0 Å². The molecule has 2 aromatic heterocycles. The zero-order valence-corrected chi connectivity index (χ0v) is 16.1. The van der Waals surface area contributed by atoms with Gasteiger partial charge in [-0.15, -0.1) is 12.4 Å². The van der Waals surface area contributed by atoms with Gasteiger partial charge in [0.05, 0.1) is 0 Å². The van der Waals surface area contributed by atoms with E-state index in [1.165, 1.54) is 12.8 Å². The van der Waals surface area contributed by atoms with Crippen LogP contribution >= 0.6 is 12.4 Å². The van der Waals surface area contributed by atoms with E-state index in [2.05, 4.69) is 30.0 Å². The summed E-state index contributed by atoms with van der Waals surface area (Å²) in [6.45, 7) is 4.35. The average molecular weight is 380 g/mol. The Bertz CT molecular complexity index is 1070. The zero-order chi connectivity index (χ0) is 17.5. The molecule has 2 aromatic carbocycles. The van der Waals surface area contributed by atoms with Gasteiger partial charge in [0.25, 0.3) is 0 Å². The van der Waals surface area contributed by atoms with E-state index in [4.69, 9.17) is 14.4 Å². The first-order chi connectivity index (χ1) is 12.8. The van der Waals surface area contributed by atoms with Crippen molar-refractivity contribution in [2.75, 3.05) is 18.0 Å². The average Bonchev–Trinajstić information content (AvgIpc) is 3.07. The Morgan fingerprint density at radius 1 is 0.926 bits per heavy atom. The summed E-state index contributed by atoms with van der Waals surface area (Å²) in [4.78, 5) is 12.2. The fourth-order valence-electron chi connectivity index (χ4n) is 3.73. The molecular weight excluding hydrogens is 358 g/mol. The van der Waals surface area contributed by atoms with E-state index in [-0.39, 0.29) is 12.4 Å². The maximum atomic E-state index is 6.19. The van der Waals surface area contributed by atoms with Gasteiger partial charge in [0.1, 0.15) is 11.1 Å². The molecular formula is C22H22ClN3O. The van der Waals surface area contributed by atoms with Gasteiger partial charge in [-0.3, -0.25) is 0 Å². The van der Waals surface area contributed by atoms with Crippen LogP contribution in [0.3, 0.4) is 0 Å². The number of anilines is 1. The zero-order valence-electron chi connectivity index (χ0n) is 15.3. The van der Waals surface area contributed by atoms with E-state index in [0.717, 1.165) is 58.3 Å². The van der Waals surface area contributed by atoms with Gasteiger partial charge in [0, 0.05) is 24.0 Å². The monoisotopic (exact) mass is 379 g/mol. The van der Waals surface area contributed by atoms with E-state index < -0.39 is 0 Å². The summed E-state index contributed by atoms with van der Waals surface area (Å²) in [7, 11) is 0. The van der Waals surface area contributed by atoms with Gasteiger partial charge < -0.3 is 9.32 Å². The summed E-state index contributed by atoms with van der Waals surface area (Å²) < 4.78 is 6.19. The molecule has 27 heavy (non-hydrogen) atoms. The molecule has 4 nitrogen and oxygen atoms in total. The third-order valence-corrected chi connectivity index (χ3v) is 5.32. The highest BCUT2D eigenvalue weighted by atomic mass is 35.5. The molecule has 0 N–H and O–H groups in total. The lowest BCUT2D eigenvalue weighted by Gasteiger charge is -2.31. The summed E-state index contributed by atoms with van der Waals surface area (Å²) in [5.74, 6) is 2.46. The molecule has 0 amide bonds. The molecule has 138 valence electrons. The van der Waals surface area contributed by atoms with Crippen LogP contribution in [0.2, 0.25) is 0 Å². The second-order valence-corrected chi connectivity index (χ2v) is 7.18. The highest BCUT2D eigenvalue weighted by molar-refractivity contribution is 6.06. The van der Waals surface area contributed by atoms with Crippen molar-refractivity contribution in [3.8, 4) is 11.4 Å². The first kappa shape index (κ1) is 17.8. The number of nitrogens with zero attached hydrogens (tertiary/aromatic N) is 3. The number of hydrogen-bond acceptors (Lipinski definition) is 4. The molecule has 5 rings (SSSR count). The third-order valence-electron chi connectivity index (χ3n) is 5.32. The normalized spacial score (nSPS) is 15.2. The molecule has 1 aliphatic heterocycles. The number of rotatable bonds is 2. The number of fused-ring (bicyclic) bond motifs is 3. The highest BCUT2D eigenvalue weighted by Crippen LogP contribution is 2.36. The summed E-state index contributed by atoms with van der Waals surface area (Å²) in [6.07, 6.45) is 2.37. The van der Waals surface area contributed by atoms with Crippen LogP contribution in [0, 0.1) is 5.92 Å². The summed E-state index contributed by atoms with van der Waals surface area (Å²) >= 11 is 0. The van der Waals surface area contributed by atoms with Crippen molar-refractivity contribution < 1.29 is 4.42 Å². The first-order valence-electron chi connectivity index (χ1n) is 9.29. The molecule has 0 saturated carbocycles. The fourth-order valence-corrected chi connectivity index (χ4v) is 3.73. The minimum Gasteiger partial charge on any atom is -0.450 e. The number of furan rings is 1. The van der Waals surface area contributed by atoms with Crippen molar-refractivity contribution in [2.24, 2.45) is 5.92 Å². The third kappa shape index (κ3) is 3.15. The van der Waals surface area contributed by atoms with Gasteiger partial charge in [-0.05, 0) is 30.9 Å². The van der Waals surface area contributed by atoms with Gasteiger partial charge in [-0.25, -0.2) is 9.97 Å². The Hall–Kier alpha value is -2.59. The van der Waals surface area contributed by atoms with E-state index >= 15 is 0 Å². The van der Waals surface area contributed by atoms with Crippen LogP contribution in [0.1, 0.15) is 19.8 Å². The van der Waals surface area contributed by atoms with Crippen LogP contribution in [0.5, 0.6) is 0 Å². The quantitative estimate of drug-likeness (QED) is 0.448. The standard InChI is InChI=1S/C22H21N3O.ClH/c1-15-11-13-25(14-12-15)22-20-19(17-9-5-6-10-18(17)26-20)23-21(24-22)16-7-3-2-4-8-16;/h2-10,15H,11-14H2,1H3;1H. The van der Waals surface area contributed by atoms with Crippen molar-refractivity contribution in [3.63, 3.8) is 0 Å². The number of para-hydroxylation sites is 1. The largest absolute Gasteiger partial charge is 0.450 e. The number of piperidine rings is 1. The molecule has 0 atom stereocenters. The van der Waals surface area contributed by atoms with Crippen LogP contribution < -0.4 is 4.90 Å². The molecule has 1 saturated heterocycles. The van der Waals surface area contributed by atoms with Crippen molar-refractivity contribution >= 4 is 40.3 Å². The van der Waals surface area contributed by atoms with Gasteiger partial charge in [0.15, 0.2) is 17.2 Å². The maximum absolute atomic E-state index is 6.19. The number of aromatic nitrogens is 2. The maximum Gasteiger partial charge on any atom is 0.196 e. The lowest BCUT2D eigenvalue weighted by atomic mass is 9.99. The fraction of sp³-hybridized carbons (Fsp3) is 0.273. The van der Waals surface area contributed by atoms with Crippen molar-refractivity contribution in [2.45, 2.75) is 19.8 Å². The molecule has 5 heteroatoms. The Morgan fingerprint density at radius 3 is 2.41 bits per heavy atom. The Labute approximate surface area is 164 Å². The topological polar surface area (TPSA) is 42.2 Å². The SMILES string of the molecule is CC1CCN(c2nc(-c3ccccc3)nc3c2oc2ccccc23)CC1.Cl. The Kier molecular flexibility index (Phi) is 4.75. The van der Waals surface area contributed by atoms with Crippen molar-refractivity contribution in [1.29, 1.82) is 0 Å². The van der Waals surface area contributed by atoms with Crippen molar-refractivity contribution in [1.82, 2.24) is 9.97 Å². The molecule has 0 aliphatic carbocycles. The van der Waals surface area contributed by atoms with Gasteiger partial charge in [0.2, 0.25) is 0 Å². The number of halogens is 1. The number of hydrogen-bond donors (Lipinski definition) is 0. The second kappa shape index (κ2) is 7.20. The molecule has 0 spiro atoms. The molecule has 0 unspecified atom stereocenters. The van der Waals surface area contributed by atoms with Crippen LogP contribution in [0.25, 0.3) is 33.5 Å². The van der Waals surface area contributed by atoms with E-state index in [0.29, 0.717) is 0 Å². The van der Waals surface area contributed by atoms with Crippen LogP contribution in [0.15, 0.2) is 59.0 Å². The lowest BCUT2D eigenvalue weighted by molar-refractivity contribution is 0.436. The lowest BCUT2D eigenvalue weighted by Crippen LogP contribution is -2.33. The molecule has 1 aliphatic rings. The molecule has 0 bridgehead atoms. The predicted octanol–water partition coefficient (Wildman–Crippen LogP) is 5.70. The summed E-state index contributed by atoms with van der Waals surface area (Å²) in [5.41, 5.74) is 3.61. The molecule has 3 heterocycles. The van der Waals surface area contributed by atoms with E-state index in [1.807, 2.05) is 36.4 Å². The van der Waals surface area contributed by atoms with Crippen LogP contribution in [-0.2, 0) is 0 Å². The van der Waals surface area contributed by atoms with Gasteiger partial charge in [-0.1, -0.05) is 49.4 Å². The Morgan fingerprint density at radius 2 is 1.63 bits per heavy atom. The number of benzene rings is 2. The Balaban J connectivity index is 0.00000180. The van der Waals surface area contributed by atoms with Gasteiger partial charge in [-0.2, -0.15) is 0 Å². The minimum absolute atomic E-state index is 0. The molecule has 0 radical (unpaired) electrons. The van der Waals surface area contributed by atoms with Crippen LogP contribution in [0.4, 0.5) is 5.82 Å². The second-order valence-electron chi connectivity index (χ2n) is 7.18. The predicted molar refractivity (Wildman–Crippen MR) is 113 cm³/mol. The van der Waals surface area contributed by atoms with Crippen LogP contribution in [-0.4, -0.2) is 23.1 Å². The molecule has 4 aromatic rings. The van der Waals surface area contributed by atoms with Gasteiger partial charge >= 0.3 is 0 Å². The van der Waals surface area contributed by atoms with Crippen molar-refractivity contribution in [3.05, 3.63) is 54.6 Å². The minimum atomic E-state index is 0. The first-order valence-corrected chi connectivity index (χ1v) is 9.29. The highest BCUT2D eigenvalue weighted by Gasteiger charge is 2.23. The summed E-state index contributed by atoms with van der Waals surface area (Å²) in [5, 5.41) is 1.05. The van der Waals surface area contributed by atoms with E-state index in [9.17, 15) is 0 Å².